The van der Waals surface area contributed by atoms with Gasteiger partial charge in [0.25, 0.3) is 11.8 Å². The van der Waals surface area contributed by atoms with Gasteiger partial charge in [-0.15, -0.1) is 10.2 Å². The average Bonchev–Trinajstić information content (AvgIpc) is 3.48. The van der Waals surface area contributed by atoms with Crippen LogP contribution in [-0.2, 0) is 44.7 Å². The molecular formula is C26H10ClF2N9Na4O13S3. The number of halogens is 3. The second kappa shape index (κ2) is 19.3. The van der Waals surface area contributed by atoms with E-state index in [4.69, 9.17) is 11.6 Å². The number of aliphatic carboxylic acids is 1. The van der Waals surface area contributed by atoms with E-state index in [1.54, 1.807) is 5.32 Å². The van der Waals surface area contributed by atoms with Gasteiger partial charge in [0.2, 0.25) is 5.95 Å². The molecule has 5 aromatic rings. The molecule has 32 heteroatoms. The second-order valence-corrected chi connectivity index (χ2v) is 14.9. The number of amides is 2. The minimum absolute atomic E-state index is 0. The van der Waals surface area contributed by atoms with E-state index in [0.717, 1.165) is 18.2 Å². The van der Waals surface area contributed by atoms with Crippen molar-refractivity contribution >= 4 is 104 Å². The monoisotopic (exact) mass is 917 g/mol. The number of nitrogens with zero attached hydrogens (tertiary/aromatic N) is 6. The van der Waals surface area contributed by atoms with Gasteiger partial charge in [0, 0.05) is 28.1 Å². The molecule has 0 saturated heterocycles. The molecule has 280 valence electrons. The Morgan fingerprint density at radius 1 is 0.845 bits per heavy atom. The fraction of sp³-hybridized carbons (Fsp3) is 0. The maximum Gasteiger partial charge on any atom is 1.00 e. The number of nitrogens with one attached hydrogen (secondary N) is 3. The van der Waals surface area contributed by atoms with Crippen LogP contribution in [0.4, 0.5) is 26.0 Å². The first-order valence-electron chi connectivity index (χ1n) is 13.7. The van der Waals surface area contributed by atoms with Crippen molar-refractivity contribution in [3.05, 3.63) is 65.1 Å². The Morgan fingerprint density at radius 2 is 1.47 bits per heavy atom. The summed E-state index contributed by atoms with van der Waals surface area (Å²) >= 11 is 5.74. The Morgan fingerprint density at radius 3 is 2.05 bits per heavy atom. The summed E-state index contributed by atoms with van der Waals surface area (Å²) < 4.78 is 139. The number of carboxylic acid groups (broad SMARTS) is 1. The fourth-order valence-corrected chi connectivity index (χ4v) is 7.09. The zero-order chi connectivity index (χ0) is 39.7. The van der Waals surface area contributed by atoms with Crippen LogP contribution in [0.15, 0.2) is 67.8 Å². The first kappa shape index (κ1) is 52.0. The van der Waals surface area contributed by atoms with Crippen LogP contribution >= 0.6 is 11.6 Å². The quantitative estimate of drug-likeness (QED) is 0.0309. The predicted molar refractivity (Wildman–Crippen MR) is 168 cm³/mol. The maximum absolute atomic E-state index is 13.9. The molecule has 0 fully saturated rings. The smallest absolute Gasteiger partial charge is 0.744 e. The van der Waals surface area contributed by atoms with Crippen molar-refractivity contribution in [1.29, 1.82) is 0 Å². The van der Waals surface area contributed by atoms with Crippen molar-refractivity contribution in [1.82, 2.24) is 30.3 Å². The standard InChI is InChI=1S/C26H14ClF2N9O13S3.4Na/c27-19-22(28)32-26(29)33-23(19)30-8-3-10-14(52(43,44)45)7-13-21(18(10)16(4-8)54(49,50)51)37-38(36-13)9-1-2-12(15(5-9)53(46,47)48)34-35-20-11(25(41)42)6-17(39)31-24(20)40;;;;/h1-7,34H,(H,41,42)(H,30,32,33)(H,31,39,40)(H,43,44,45)(H,46,47,48)(H,49,50,51);;;;/q;4*+1/p-4/b35-20-;;;;. The zero-order valence-electron chi connectivity index (χ0n) is 29.4. The number of hydrogen-bond acceptors (Lipinski definition) is 20. The molecule has 1 aliphatic heterocycles. The van der Waals surface area contributed by atoms with Gasteiger partial charge in [0.15, 0.2) is 11.5 Å². The Bertz CT molecular complexity index is 2980. The molecule has 6 rings (SSSR count). The predicted octanol–water partition coefficient (Wildman–Crippen LogP) is -13.1. The number of carbonyl (C=O) groups is 3. The van der Waals surface area contributed by atoms with Crippen LogP contribution in [0.5, 0.6) is 0 Å². The summed E-state index contributed by atoms with van der Waals surface area (Å²) in [5.41, 5.74) is -2.78. The summed E-state index contributed by atoms with van der Waals surface area (Å²) in [4.78, 5) is 38.0. The van der Waals surface area contributed by atoms with Gasteiger partial charge in [0.05, 0.1) is 32.0 Å². The van der Waals surface area contributed by atoms with Crippen molar-refractivity contribution < 1.29 is 185 Å². The number of anilines is 3. The summed E-state index contributed by atoms with van der Waals surface area (Å²) in [6.45, 7) is 0. The van der Waals surface area contributed by atoms with E-state index in [9.17, 15) is 67.2 Å². The number of imide groups is 1. The molecule has 3 heterocycles. The molecule has 0 spiro atoms. The third kappa shape index (κ3) is 10.9. The zero-order valence-corrected chi connectivity index (χ0v) is 40.6. The molecule has 22 nitrogen and oxygen atoms in total. The number of aromatic nitrogens is 5. The Kier molecular flexibility index (Phi) is 17.3. The summed E-state index contributed by atoms with van der Waals surface area (Å²) in [7, 11) is -16.7. The Hall–Kier alpha value is -2.10. The van der Waals surface area contributed by atoms with Crippen molar-refractivity contribution in [2.75, 3.05) is 10.7 Å². The van der Waals surface area contributed by atoms with Gasteiger partial charge in [-0.3, -0.25) is 20.3 Å². The SMILES string of the molecule is O=C1C=C(C(=O)[O-])/C(=N/Nc2ccc(-n3nc4cc(S(=O)(=O)[O-])c5cc(Nc6nc(F)nc(F)c6Cl)cc(S(=O)(=O)[O-])c5c4n3)cc2S(=O)(=O)[O-])C(=O)N1.[Na+].[Na+].[Na+].[Na+]. The number of carboxylic acids is 1. The molecule has 3 N–H and O–H groups in total. The molecule has 2 amide bonds. The molecule has 0 radical (unpaired) electrons. The number of rotatable bonds is 9. The van der Waals surface area contributed by atoms with E-state index in [-0.39, 0.29) is 118 Å². The maximum atomic E-state index is 13.9. The second-order valence-electron chi connectivity index (χ2n) is 10.5. The molecule has 0 aliphatic carbocycles. The van der Waals surface area contributed by atoms with Gasteiger partial charge >= 0.3 is 124 Å². The third-order valence-electron chi connectivity index (χ3n) is 7.05. The molecule has 0 unspecified atom stereocenters. The summed E-state index contributed by atoms with van der Waals surface area (Å²) in [5.74, 6) is -6.85. The van der Waals surface area contributed by atoms with E-state index in [1.165, 1.54) is 0 Å². The van der Waals surface area contributed by atoms with E-state index >= 15 is 0 Å². The van der Waals surface area contributed by atoms with Crippen LogP contribution < -0.4 is 139 Å². The molecule has 58 heavy (non-hydrogen) atoms. The van der Waals surface area contributed by atoms with E-state index < -0.39 is 136 Å². The topological polar surface area (TPSA) is 351 Å². The van der Waals surface area contributed by atoms with Crippen LogP contribution in [-0.4, -0.2) is 87.4 Å². The number of hydrazone groups is 1. The summed E-state index contributed by atoms with van der Waals surface area (Å²) in [5, 5.41) is 24.2. The average molecular weight is 918 g/mol. The first-order valence-corrected chi connectivity index (χ1v) is 18.3. The van der Waals surface area contributed by atoms with E-state index in [2.05, 4.69) is 30.6 Å². The number of hydrogen-bond donors (Lipinski definition) is 3. The molecule has 2 aromatic heterocycles. The van der Waals surface area contributed by atoms with Gasteiger partial charge in [-0.05, 0) is 36.4 Å². The normalized spacial score (nSPS) is 13.7. The van der Waals surface area contributed by atoms with Gasteiger partial charge in [-0.1, -0.05) is 11.6 Å². The van der Waals surface area contributed by atoms with Gasteiger partial charge < -0.3 is 28.9 Å². The minimum Gasteiger partial charge on any atom is -0.744 e. The van der Waals surface area contributed by atoms with Crippen LogP contribution in [0.1, 0.15) is 0 Å². The summed E-state index contributed by atoms with van der Waals surface area (Å²) in [6, 6.07) is 4.37. The largest absolute Gasteiger partial charge is 1.00 e. The van der Waals surface area contributed by atoms with Crippen molar-refractivity contribution in [3.63, 3.8) is 0 Å². The van der Waals surface area contributed by atoms with Gasteiger partial charge in [0.1, 0.15) is 46.4 Å². The Balaban J connectivity index is 0.00000290. The number of carbonyl (C=O) groups excluding carboxylic acids is 3. The molecule has 1 aliphatic rings. The van der Waals surface area contributed by atoms with Gasteiger partial charge in [-0.25, -0.2) is 25.3 Å². The van der Waals surface area contributed by atoms with Crippen LogP contribution in [0, 0.1) is 12.0 Å². The molecule has 0 saturated carbocycles. The fourth-order valence-electron chi connectivity index (χ4n) is 4.90. The molecular weight excluding hydrogens is 908 g/mol. The number of benzene rings is 3. The van der Waals surface area contributed by atoms with E-state index in [1.807, 2.05) is 5.43 Å². The van der Waals surface area contributed by atoms with Crippen LogP contribution in [0.2, 0.25) is 5.02 Å². The van der Waals surface area contributed by atoms with Gasteiger partial charge in [-0.2, -0.15) is 28.6 Å². The van der Waals surface area contributed by atoms with Crippen molar-refractivity contribution in [2.24, 2.45) is 5.10 Å². The first-order chi connectivity index (χ1) is 25.0. The van der Waals surface area contributed by atoms with Crippen LogP contribution in [0.25, 0.3) is 27.5 Å². The minimum atomic E-state index is -5.65. The Labute approximate surface area is 416 Å². The van der Waals surface area contributed by atoms with E-state index in [0.29, 0.717) is 29.1 Å². The molecule has 0 atom stereocenters. The van der Waals surface area contributed by atoms with Crippen molar-refractivity contribution in [2.45, 2.75) is 14.7 Å². The summed E-state index contributed by atoms with van der Waals surface area (Å²) in [6.07, 6.45) is -1.19. The van der Waals surface area contributed by atoms with Crippen molar-refractivity contribution in [3.8, 4) is 5.69 Å². The molecule has 0 bridgehead atoms. The third-order valence-corrected chi connectivity index (χ3v) is 10.0. The molecule has 3 aromatic carbocycles. The van der Waals surface area contributed by atoms with Crippen LogP contribution in [0.3, 0.4) is 0 Å². The number of fused-ring (bicyclic) bond motifs is 3.